The van der Waals surface area contributed by atoms with Crippen molar-refractivity contribution >= 4 is 6.29 Å². The highest BCUT2D eigenvalue weighted by atomic mass is 16.1. The molecule has 1 atom stereocenters. The van der Waals surface area contributed by atoms with Gasteiger partial charge in [-0.05, 0) is 7.05 Å². The highest BCUT2D eigenvalue weighted by Gasteiger charge is 1.86. The molecular formula is C3H8N2O. The van der Waals surface area contributed by atoms with Gasteiger partial charge >= 0.3 is 0 Å². The summed E-state index contributed by atoms with van der Waals surface area (Å²) in [6, 6.07) is 0. The van der Waals surface area contributed by atoms with Gasteiger partial charge in [-0.1, -0.05) is 0 Å². The Morgan fingerprint density at radius 3 is 2.50 bits per heavy atom. The molecule has 0 radical (unpaired) electrons. The largest absolute Gasteiger partial charge is 0.310 e. The first-order valence-corrected chi connectivity index (χ1v) is 1.69. The predicted molar refractivity (Wildman–Crippen MR) is 23.1 cm³/mol. The average Bonchev–Trinajstić information content (AvgIpc) is 1.65. The Kier molecular flexibility index (Phi) is 2.62. The van der Waals surface area contributed by atoms with Crippen LogP contribution in [0.3, 0.4) is 0 Å². The number of rotatable bonds is 2. The van der Waals surface area contributed by atoms with Crippen molar-refractivity contribution in [1.29, 1.82) is 0 Å². The van der Waals surface area contributed by atoms with Gasteiger partial charge in [0.25, 0.3) is 0 Å². The number of aldehydes is 1. The zero-order chi connectivity index (χ0) is 4.99. The van der Waals surface area contributed by atoms with Gasteiger partial charge in [-0.15, -0.1) is 0 Å². The van der Waals surface area contributed by atoms with E-state index in [2.05, 4.69) is 5.32 Å². The second kappa shape index (κ2) is 2.81. The molecule has 3 heteroatoms. The summed E-state index contributed by atoms with van der Waals surface area (Å²) in [6.07, 6.45) is 0.144. The van der Waals surface area contributed by atoms with Crippen LogP contribution in [-0.2, 0) is 4.79 Å². The fraction of sp³-hybridized carbons (Fsp3) is 0.667. The first-order valence-electron chi connectivity index (χ1n) is 1.69. The van der Waals surface area contributed by atoms with Crippen molar-refractivity contribution < 1.29 is 4.79 Å². The Bertz CT molecular complexity index is 46.1. The molecule has 0 saturated carbocycles. The van der Waals surface area contributed by atoms with Crippen LogP contribution in [-0.4, -0.2) is 19.5 Å². The maximum atomic E-state index is 9.55. The number of carbonyl (C=O) groups excluding carboxylic acids is 1. The van der Waals surface area contributed by atoms with E-state index in [1.54, 1.807) is 7.05 Å². The molecule has 0 aromatic rings. The number of nitrogens with one attached hydrogen (secondary N) is 1. The molecule has 3 N–H and O–H groups in total. The highest BCUT2D eigenvalue weighted by molar-refractivity contribution is 5.55. The lowest BCUT2D eigenvalue weighted by Crippen LogP contribution is -2.35. The molecule has 36 valence electrons. The number of nitrogens with two attached hydrogens (primary N) is 1. The summed E-state index contributed by atoms with van der Waals surface area (Å²) < 4.78 is 0. The van der Waals surface area contributed by atoms with E-state index in [-0.39, 0.29) is 0 Å². The van der Waals surface area contributed by atoms with E-state index in [0.717, 1.165) is 0 Å². The Labute approximate surface area is 36.5 Å². The Morgan fingerprint density at radius 2 is 2.50 bits per heavy atom. The maximum absolute atomic E-state index is 9.55. The van der Waals surface area contributed by atoms with Gasteiger partial charge in [-0.3, -0.25) is 5.32 Å². The quantitative estimate of drug-likeness (QED) is 0.325. The van der Waals surface area contributed by atoms with Gasteiger partial charge in [-0.2, -0.15) is 0 Å². The lowest BCUT2D eigenvalue weighted by Gasteiger charge is -1.94. The van der Waals surface area contributed by atoms with Crippen molar-refractivity contribution in [3.05, 3.63) is 0 Å². The van der Waals surface area contributed by atoms with Crippen LogP contribution in [0.15, 0.2) is 0 Å². The molecule has 0 aromatic carbocycles. The van der Waals surface area contributed by atoms with Gasteiger partial charge in [0.05, 0.1) is 0 Å². The lowest BCUT2D eigenvalue weighted by atomic mass is 10.6. The van der Waals surface area contributed by atoms with Crippen molar-refractivity contribution in [2.24, 2.45) is 5.73 Å². The van der Waals surface area contributed by atoms with Gasteiger partial charge in [0.1, 0.15) is 6.17 Å². The van der Waals surface area contributed by atoms with Gasteiger partial charge in [0.15, 0.2) is 6.29 Å². The molecule has 0 aliphatic heterocycles. The molecule has 0 amide bonds. The standard InChI is InChI=1S/C3H8N2O/c1-5-3(4)2-6/h2-3,5H,4H2,1H3. The van der Waals surface area contributed by atoms with Crippen molar-refractivity contribution in [3.8, 4) is 0 Å². The summed E-state index contributed by atoms with van der Waals surface area (Å²) in [6.45, 7) is 0. The average molecular weight is 88.1 g/mol. The summed E-state index contributed by atoms with van der Waals surface area (Å²) >= 11 is 0. The lowest BCUT2D eigenvalue weighted by molar-refractivity contribution is -0.109. The third kappa shape index (κ3) is 1.87. The summed E-state index contributed by atoms with van der Waals surface area (Å²) in [4.78, 5) is 9.55. The van der Waals surface area contributed by atoms with Crippen molar-refractivity contribution in [2.75, 3.05) is 7.05 Å². The van der Waals surface area contributed by atoms with E-state index >= 15 is 0 Å². The summed E-state index contributed by atoms with van der Waals surface area (Å²) in [5.41, 5.74) is 4.99. The summed E-state index contributed by atoms with van der Waals surface area (Å²) in [5, 5.41) is 2.52. The molecule has 0 bridgehead atoms. The Morgan fingerprint density at radius 1 is 2.00 bits per heavy atom. The first-order chi connectivity index (χ1) is 2.81. The maximum Gasteiger partial charge on any atom is 0.151 e. The van der Waals surface area contributed by atoms with Crippen LogP contribution in [0, 0.1) is 0 Å². The minimum Gasteiger partial charge on any atom is -0.310 e. The Balaban J connectivity index is 2.96. The van der Waals surface area contributed by atoms with Gasteiger partial charge < -0.3 is 10.5 Å². The highest BCUT2D eigenvalue weighted by Crippen LogP contribution is 1.50. The molecule has 3 nitrogen and oxygen atoms in total. The van der Waals surface area contributed by atoms with E-state index in [1.807, 2.05) is 0 Å². The molecule has 0 aromatic heterocycles. The normalized spacial score (nSPS) is 13.7. The van der Waals surface area contributed by atoms with Crippen LogP contribution < -0.4 is 11.1 Å². The molecule has 0 heterocycles. The second-order valence-electron chi connectivity index (χ2n) is 0.951. The molecule has 1 unspecified atom stereocenters. The predicted octanol–water partition coefficient (Wildman–Crippen LogP) is -1.31. The van der Waals surface area contributed by atoms with Crippen molar-refractivity contribution in [2.45, 2.75) is 6.17 Å². The molecule has 0 spiro atoms. The minimum absolute atomic E-state index is 0.495. The topological polar surface area (TPSA) is 55.1 Å². The van der Waals surface area contributed by atoms with E-state index < -0.39 is 6.17 Å². The molecular weight excluding hydrogens is 80.0 g/mol. The van der Waals surface area contributed by atoms with E-state index in [1.165, 1.54) is 0 Å². The van der Waals surface area contributed by atoms with Gasteiger partial charge in [0, 0.05) is 0 Å². The van der Waals surface area contributed by atoms with E-state index in [9.17, 15) is 4.79 Å². The van der Waals surface area contributed by atoms with E-state index in [4.69, 9.17) is 5.73 Å². The molecule has 0 fully saturated rings. The third-order valence-electron chi connectivity index (χ3n) is 0.480. The number of carbonyl (C=O) groups is 1. The van der Waals surface area contributed by atoms with Crippen LogP contribution in [0.25, 0.3) is 0 Å². The van der Waals surface area contributed by atoms with Crippen molar-refractivity contribution in [3.63, 3.8) is 0 Å². The van der Waals surface area contributed by atoms with Crippen LogP contribution >= 0.6 is 0 Å². The first kappa shape index (κ1) is 5.59. The second-order valence-corrected chi connectivity index (χ2v) is 0.951. The number of hydrogen-bond donors (Lipinski definition) is 2. The smallest absolute Gasteiger partial charge is 0.151 e. The van der Waals surface area contributed by atoms with Gasteiger partial charge in [0.2, 0.25) is 0 Å². The van der Waals surface area contributed by atoms with E-state index in [0.29, 0.717) is 6.29 Å². The van der Waals surface area contributed by atoms with Gasteiger partial charge in [-0.25, -0.2) is 0 Å². The van der Waals surface area contributed by atoms with Crippen LogP contribution in [0.5, 0.6) is 0 Å². The third-order valence-corrected chi connectivity index (χ3v) is 0.480. The SMILES string of the molecule is CNC(N)C=O. The number of likely N-dealkylation sites (N-methyl/N-ethyl adjacent to an activating group) is 1. The molecule has 0 aliphatic rings. The van der Waals surface area contributed by atoms with Crippen LogP contribution in [0.1, 0.15) is 0 Å². The monoisotopic (exact) mass is 88.1 g/mol. The van der Waals surface area contributed by atoms with Crippen LogP contribution in [0.4, 0.5) is 0 Å². The van der Waals surface area contributed by atoms with Crippen LogP contribution in [0.2, 0.25) is 0 Å². The zero-order valence-electron chi connectivity index (χ0n) is 3.64. The molecule has 6 heavy (non-hydrogen) atoms. The molecule has 0 saturated heterocycles. The zero-order valence-corrected chi connectivity index (χ0v) is 3.64. The summed E-state index contributed by atoms with van der Waals surface area (Å²) in [7, 11) is 1.62. The Hall–Kier alpha value is -0.410. The molecule has 0 rings (SSSR count). The molecule has 0 aliphatic carbocycles. The fourth-order valence-corrected chi connectivity index (χ4v) is 0.0680. The van der Waals surface area contributed by atoms with Crippen molar-refractivity contribution in [1.82, 2.24) is 5.32 Å². The summed E-state index contributed by atoms with van der Waals surface area (Å²) in [5.74, 6) is 0. The minimum atomic E-state index is -0.495. The number of hydrogen-bond acceptors (Lipinski definition) is 3. The fourth-order valence-electron chi connectivity index (χ4n) is 0.0680.